The molecule has 2 aromatic rings. The van der Waals surface area contributed by atoms with E-state index in [0.29, 0.717) is 10.2 Å². The van der Waals surface area contributed by atoms with Gasteiger partial charge in [-0.25, -0.2) is 8.42 Å². The van der Waals surface area contributed by atoms with Crippen LogP contribution in [0.3, 0.4) is 0 Å². The van der Waals surface area contributed by atoms with E-state index in [4.69, 9.17) is 27.9 Å². The van der Waals surface area contributed by atoms with Gasteiger partial charge in [0.15, 0.2) is 6.10 Å². The van der Waals surface area contributed by atoms with E-state index in [-0.39, 0.29) is 27.2 Å². The zero-order valence-electron chi connectivity index (χ0n) is 13.4. The molecule has 6 nitrogen and oxygen atoms in total. The molecular weight excluding hydrogens is 467 g/mol. The highest BCUT2D eigenvalue weighted by Gasteiger charge is 2.39. The van der Waals surface area contributed by atoms with Crippen molar-refractivity contribution in [1.82, 2.24) is 5.32 Å². The molecule has 0 fully saturated rings. The molecule has 1 heterocycles. The molecule has 1 amide bonds. The molecule has 1 aliphatic heterocycles. The van der Waals surface area contributed by atoms with Gasteiger partial charge in [-0.15, -0.1) is 0 Å². The third kappa shape index (κ3) is 3.38. The number of ether oxygens (including phenoxy) is 1. The summed E-state index contributed by atoms with van der Waals surface area (Å²) >= 11 is 15.5. The number of nitrogens with one attached hydrogen (secondary N) is 1. The molecule has 0 bridgehead atoms. The topological polar surface area (TPSA) is 75.7 Å². The van der Waals surface area contributed by atoms with Gasteiger partial charge in [0, 0.05) is 11.5 Å². The zero-order chi connectivity index (χ0) is 19.1. The molecule has 0 saturated carbocycles. The van der Waals surface area contributed by atoms with Gasteiger partial charge in [-0.1, -0.05) is 51.3 Å². The fourth-order valence-electron chi connectivity index (χ4n) is 2.61. The standard InChI is InChI=1S/C16H13BrCl2N2O4S/c1-20-16(22)14-8-21(12-4-2-3-5-13(12)25-14)26(23,24)15-10(18)6-9(17)7-11(15)19/h2-7,14H,8H2,1H3,(H,20,22). The molecule has 0 aromatic heterocycles. The Balaban J connectivity index is 2.16. The number of nitrogens with zero attached hydrogens (tertiary/aromatic N) is 1. The SMILES string of the molecule is CNC(=O)C1CN(S(=O)(=O)c2c(Cl)cc(Br)cc2Cl)c2ccccc2O1. The van der Waals surface area contributed by atoms with Crippen molar-refractivity contribution in [2.24, 2.45) is 0 Å². The van der Waals surface area contributed by atoms with E-state index in [1.165, 1.54) is 19.2 Å². The molecule has 1 N–H and O–H groups in total. The summed E-state index contributed by atoms with van der Waals surface area (Å²) in [7, 11) is -2.69. The number of hydrogen-bond acceptors (Lipinski definition) is 4. The van der Waals surface area contributed by atoms with Gasteiger partial charge in [-0.2, -0.15) is 0 Å². The Labute approximate surface area is 169 Å². The van der Waals surface area contributed by atoms with Gasteiger partial charge in [0.1, 0.15) is 10.6 Å². The van der Waals surface area contributed by atoms with Crippen LogP contribution in [0.4, 0.5) is 5.69 Å². The third-order valence-corrected chi connectivity index (χ3v) is 6.94. The Morgan fingerprint density at radius 1 is 1.27 bits per heavy atom. The van der Waals surface area contributed by atoms with Crippen molar-refractivity contribution in [3.05, 3.63) is 50.9 Å². The van der Waals surface area contributed by atoms with Crippen molar-refractivity contribution in [1.29, 1.82) is 0 Å². The number of benzene rings is 2. The zero-order valence-corrected chi connectivity index (χ0v) is 17.3. The fourth-order valence-corrected chi connectivity index (χ4v) is 5.98. The predicted molar refractivity (Wildman–Crippen MR) is 104 cm³/mol. The maximum atomic E-state index is 13.3. The molecule has 2 aromatic carbocycles. The molecule has 26 heavy (non-hydrogen) atoms. The molecule has 10 heteroatoms. The van der Waals surface area contributed by atoms with Gasteiger partial charge in [-0.3, -0.25) is 9.10 Å². The molecule has 0 radical (unpaired) electrons. The van der Waals surface area contributed by atoms with E-state index >= 15 is 0 Å². The maximum Gasteiger partial charge on any atom is 0.267 e. The second-order valence-corrected chi connectivity index (χ2v) is 8.95. The maximum absolute atomic E-state index is 13.3. The largest absolute Gasteiger partial charge is 0.476 e. The van der Waals surface area contributed by atoms with Gasteiger partial charge < -0.3 is 10.1 Å². The average molecular weight is 480 g/mol. The minimum Gasteiger partial charge on any atom is -0.476 e. The van der Waals surface area contributed by atoms with Crippen molar-refractivity contribution < 1.29 is 17.9 Å². The van der Waals surface area contributed by atoms with Crippen LogP contribution in [0, 0.1) is 0 Å². The monoisotopic (exact) mass is 478 g/mol. The molecule has 0 saturated heterocycles. The molecule has 1 unspecified atom stereocenters. The summed E-state index contributed by atoms with van der Waals surface area (Å²) in [4.78, 5) is 11.8. The number of anilines is 1. The molecule has 138 valence electrons. The summed E-state index contributed by atoms with van der Waals surface area (Å²) in [6, 6.07) is 9.45. The second kappa shape index (κ2) is 7.26. The van der Waals surface area contributed by atoms with Gasteiger partial charge >= 0.3 is 0 Å². The van der Waals surface area contributed by atoms with E-state index in [2.05, 4.69) is 21.2 Å². The van der Waals surface area contributed by atoms with Crippen LogP contribution in [0.5, 0.6) is 5.75 Å². The molecule has 0 aliphatic carbocycles. The minimum atomic E-state index is -4.14. The molecular formula is C16H13BrCl2N2O4S. The van der Waals surface area contributed by atoms with Gasteiger partial charge in [0.2, 0.25) is 0 Å². The van der Waals surface area contributed by atoms with E-state index in [1.807, 2.05) is 0 Å². The van der Waals surface area contributed by atoms with E-state index in [9.17, 15) is 13.2 Å². The van der Waals surface area contributed by atoms with Crippen LogP contribution >= 0.6 is 39.1 Å². The van der Waals surface area contributed by atoms with Crippen LogP contribution in [0.25, 0.3) is 0 Å². The smallest absolute Gasteiger partial charge is 0.267 e. The summed E-state index contributed by atoms with van der Waals surface area (Å²) in [6.07, 6.45) is -1.00. The van der Waals surface area contributed by atoms with Crippen molar-refractivity contribution in [3.63, 3.8) is 0 Å². The Morgan fingerprint density at radius 2 is 1.88 bits per heavy atom. The minimum absolute atomic E-state index is 0.0233. The fraction of sp³-hybridized carbons (Fsp3) is 0.188. The Kier molecular flexibility index (Phi) is 5.39. The second-order valence-electron chi connectivity index (χ2n) is 5.42. The quantitative estimate of drug-likeness (QED) is 0.731. The molecule has 1 aliphatic rings. The van der Waals surface area contributed by atoms with Crippen LogP contribution in [0.1, 0.15) is 0 Å². The van der Waals surface area contributed by atoms with Crippen molar-refractivity contribution in [3.8, 4) is 5.75 Å². The van der Waals surface area contributed by atoms with Crippen molar-refractivity contribution >= 4 is 60.7 Å². The first kappa shape index (κ1) is 19.3. The molecule has 0 spiro atoms. The van der Waals surface area contributed by atoms with Crippen LogP contribution < -0.4 is 14.4 Å². The third-order valence-electron chi connectivity index (χ3n) is 3.78. The predicted octanol–water partition coefficient (Wildman–Crippen LogP) is 3.46. The lowest BCUT2D eigenvalue weighted by atomic mass is 10.2. The number of para-hydroxylation sites is 2. The first-order valence-corrected chi connectivity index (χ1v) is 10.4. The lowest BCUT2D eigenvalue weighted by Gasteiger charge is -2.34. The van der Waals surface area contributed by atoms with E-state index < -0.39 is 22.0 Å². The van der Waals surface area contributed by atoms with Crippen molar-refractivity contribution in [2.75, 3.05) is 17.9 Å². The van der Waals surface area contributed by atoms with Crippen LogP contribution in [0.2, 0.25) is 10.0 Å². The van der Waals surface area contributed by atoms with Crippen LogP contribution in [0.15, 0.2) is 45.8 Å². The Morgan fingerprint density at radius 3 is 2.50 bits per heavy atom. The Hall–Kier alpha value is -1.48. The highest BCUT2D eigenvalue weighted by atomic mass is 79.9. The van der Waals surface area contributed by atoms with E-state index in [0.717, 1.165) is 4.31 Å². The number of fused-ring (bicyclic) bond motifs is 1. The lowest BCUT2D eigenvalue weighted by Crippen LogP contribution is -2.50. The summed E-state index contributed by atoms with van der Waals surface area (Å²) in [5.41, 5.74) is 0.308. The van der Waals surface area contributed by atoms with Crippen LogP contribution in [-0.4, -0.2) is 34.0 Å². The van der Waals surface area contributed by atoms with Gasteiger partial charge in [0.25, 0.3) is 15.9 Å². The number of amides is 1. The van der Waals surface area contributed by atoms with Gasteiger partial charge in [-0.05, 0) is 24.3 Å². The summed E-state index contributed by atoms with van der Waals surface area (Å²) in [5.74, 6) is -0.159. The number of carbonyl (C=O) groups excluding carboxylic acids is 1. The summed E-state index contributed by atoms with van der Waals surface area (Å²) in [5, 5.41) is 2.42. The normalized spacial score (nSPS) is 16.6. The first-order valence-electron chi connectivity index (χ1n) is 7.40. The summed E-state index contributed by atoms with van der Waals surface area (Å²) in [6.45, 7) is -0.207. The van der Waals surface area contributed by atoms with Crippen LogP contribution in [-0.2, 0) is 14.8 Å². The lowest BCUT2D eigenvalue weighted by molar-refractivity contribution is -0.127. The number of rotatable bonds is 3. The van der Waals surface area contributed by atoms with Gasteiger partial charge in [0.05, 0.1) is 22.3 Å². The number of likely N-dealkylation sites (N-methyl/N-ethyl adjacent to an activating group) is 1. The number of sulfonamides is 1. The summed E-state index contributed by atoms with van der Waals surface area (Å²) < 4.78 is 33.9. The number of halogens is 3. The van der Waals surface area contributed by atoms with Crippen molar-refractivity contribution in [2.45, 2.75) is 11.0 Å². The molecule has 1 atom stereocenters. The number of hydrogen-bond donors (Lipinski definition) is 1. The highest BCUT2D eigenvalue weighted by molar-refractivity contribution is 9.10. The van der Waals surface area contributed by atoms with E-state index in [1.54, 1.807) is 24.3 Å². The molecule has 3 rings (SSSR count). The first-order chi connectivity index (χ1) is 12.3. The highest BCUT2D eigenvalue weighted by Crippen LogP contribution is 2.41. The Bertz CT molecular complexity index is 961. The average Bonchev–Trinajstić information content (AvgIpc) is 2.58. The number of carbonyl (C=O) groups is 1.